The van der Waals surface area contributed by atoms with E-state index in [2.05, 4.69) is 0 Å². The number of hydrogen-bond acceptors (Lipinski definition) is 6. The van der Waals surface area contributed by atoms with E-state index in [4.69, 9.17) is 0 Å². The van der Waals surface area contributed by atoms with Gasteiger partial charge in [-0.15, -0.1) is 0 Å². The van der Waals surface area contributed by atoms with Crippen molar-refractivity contribution in [2.75, 3.05) is 0 Å². The molecule has 22 heavy (non-hydrogen) atoms. The van der Waals surface area contributed by atoms with Crippen molar-refractivity contribution in [3.63, 3.8) is 0 Å². The van der Waals surface area contributed by atoms with Crippen LogP contribution < -0.4 is 0 Å². The van der Waals surface area contributed by atoms with Gasteiger partial charge in [0.05, 0.1) is 26.4 Å². The topological polar surface area (TPSA) is 121 Å². The van der Waals surface area contributed by atoms with E-state index in [0.717, 1.165) is 0 Å². The predicted octanol–water partition coefficient (Wildman–Crippen LogP) is 0.734. The third-order valence-corrected chi connectivity index (χ3v) is 3.69. The van der Waals surface area contributed by atoms with E-state index in [1.165, 1.54) is 12.1 Å². The lowest BCUT2D eigenvalue weighted by Gasteiger charge is -2.21. The van der Waals surface area contributed by atoms with Crippen molar-refractivity contribution < 1.29 is 30.6 Å². The Morgan fingerprint density at radius 1 is 0.591 bits per heavy atom. The van der Waals surface area contributed by atoms with Crippen LogP contribution >= 0.6 is 0 Å². The van der Waals surface area contributed by atoms with Crippen LogP contribution in [0.5, 0.6) is 11.5 Å². The molecule has 0 aliphatic heterocycles. The molecule has 0 aromatic heterocycles. The molecule has 0 saturated carbocycles. The molecular formula is C16H18O6. The molecular weight excluding hydrogens is 288 g/mol. The first kappa shape index (κ1) is 16.3. The Labute approximate surface area is 127 Å². The van der Waals surface area contributed by atoms with E-state index in [1.807, 2.05) is 0 Å². The number of aromatic hydroxyl groups is 2. The van der Waals surface area contributed by atoms with Gasteiger partial charge in [-0.2, -0.15) is 0 Å². The maximum Gasteiger partial charge on any atom is 0.127 e. The van der Waals surface area contributed by atoms with Crippen LogP contribution in [0.3, 0.4) is 0 Å². The molecule has 0 bridgehead atoms. The molecule has 6 nitrogen and oxygen atoms in total. The van der Waals surface area contributed by atoms with Crippen LogP contribution in [0.25, 0.3) is 11.1 Å². The number of benzene rings is 2. The van der Waals surface area contributed by atoms with Crippen molar-refractivity contribution in [1.29, 1.82) is 0 Å². The minimum Gasteiger partial charge on any atom is -0.508 e. The molecule has 0 unspecified atom stereocenters. The summed E-state index contributed by atoms with van der Waals surface area (Å²) >= 11 is 0. The van der Waals surface area contributed by atoms with Gasteiger partial charge in [0.25, 0.3) is 0 Å². The Kier molecular flexibility index (Phi) is 4.99. The molecule has 0 atom stereocenters. The summed E-state index contributed by atoms with van der Waals surface area (Å²) in [7, 11) is 0. The lowest BCUT2D eigenvalue weighted by atomic mass is 9.87. The summed E-state index contributed by atoms with van der Waals surface area (Å²) in [6.07, 6.45) is 0. The van der Waals surface area contributed by atoms with Gasteiger partial charge in [0.15, 0.2) is 0 Å². The van der Waals surface area contributed by atoms with Crippen LogP contribution in [0.1, 0.15) is 22.3 Å². The Morgan fingerprint density at radius 2 is 1.00 bits per heavy atom. The van der Waals surface area contributed by atoms with Crippen molar-refractivity contribution >= 4 is 0 Å². The molecule has 0 aliphatic rings. The van der Waals surface area contributed by atoms with E-state index >= 15 is 0 Å². The van der Waals surface area contributed by atoms with Crippen molar-refractivity contribution in [3.8, 4) is 22.6 Å². The van der Waals surface area contributed by atoms with E-state index < -0.39 is 26.4 Å². The van der Waals surface area contributed by atoms with Crippen LogP contribution in [0.4, 0.5) is 0 Å². The van der Waals surface area contributed by atoms with Gasteiger partial charge in [0.1, 0.15) is 11.5 Å². The zero-order chi connectivity index (χ0) is 16.3. The Hall–Kier alpha value is -2.12. The highest BCUT2D eigenvalue weighted by Crippen LogP contribution is 2.40. The Morgan fingerprint density at radius 3 is 1.36 bits per heavy atom. The molecule has 2 rings (SSSR count). The molecule has 0 aliphatic carbocycles. The van der Waals surface area contributed by atoms with Gasteiger partial charge in [-0.25, -0.2) is 0 Å². The highest BCUT2D eigenvalue weighted by Gasteiger charge is 2.23. The summed E-state index contributed by atoms with van der Waals surface area (Å²) in [5.74, 6) is -0.274. The number of hydrogen-bond donors (Lipinski definition) is 6. The van der Waals surface area contributed by atoms with E-state index in [9.17, 15) is 30.6 Å². The number of rotatable bonds is 5. The minimum atomic E-state index is -0.522. The van der Waals surface area contributed by atoms with Crippen molar-refractivity contribution in [2.45, 2.75) is 26.4 Å². The lowest BCUT2D eigenvalue weighted by Crippen LogP contribution is -2.07. The first-order chi connectivity index (χ1) is 10.6. The Balaban J connectivity index is 2.87. The third-order valence-electron chi connectivity index (χ3n) is 3.69. The zero-order valence-corrected chi connectivity index (χ0v) is 11.8. The highest BCUT2D eigenvalue weighted by molar-refractivity contribution is 5.76. The summed E-state index contributed by atoms with van der Waals surface area (Å²) in [5, 5.41) is 57.8. The number of phenols is 2. The summed E-state index contributed by atoms with van der Waals surface area (Å²) in [6.45, 7) is -1.96. The fourth-order valence-electron chi connectivity index (χ4n) is 2.62. The minimum absolute atomic E-state index is 0.0587. The molecule has 0 amide bonds. The predicted molar refractivity (Wildman–Crippen MR) is 78.9 cm³/mol. The molecule has 0 saturated heterocycles. The summed E-state index contributed by atoms with van der Waals surface area (Å²) < 4.78 is 0. The molecule has 0 spiro atoms. The van der Waals surface area contributed by atoms with Crippen molar-refractivity contribution in [2.24, 2.45) is 0 Å². The molecule has 2 aromatic carbocycles. The fourth-order valence-corrected chi connectivity index (χ4v) is 2.62. The van der Waals surface area contributed by atoms with Gasteiger partial charge in [0.2, 0.25) is 0 Å². The number of aliphatic hydroxyl groups is 4. The molecule has 2 aromatic rings. The zero-order valence-electron chi connectivity index (χ0n) is 11.8. The van der Waals surface area contributed by atoms with E-state index in [1.54, 1.807) is 12.1 Å². The quantitative estimate of drug-likeness (QED) is 0.484. The largest absolute Gasteiger partial charge is 0.508 e. The molecule has 0 fully saturated rings. The standard InChI is InChI=1S/C16H18O6/c17-5-11-13(7-19)16(22)14(8-20)12(6-18)15(11)9-1-3-10(21)4-2-9/h1-4,17-22H,5-8H2. The highest BCUT2D eigenvalue weighted by atomic mass is 16.3. The van der Waals surface area contributed by atoms with Crippen molar-refractivity contribution in [3.05, 3.63) is 46.5 Å². The van der Waals surface area contributed by atoms with Crippen molar-refractivity contribution in [1.82, 2.24) is 0 Å². The fraction of sp³-hybridized carbons (Fsp3) is 0.250. The van der Waals surface area contributed by atoms with Crippen LogP contribution in [-0.4, -0.2) is 30.6 Å². The van der Waals surface area contributed by atoms with Gasteiger partial charge in [-0.05, 0) is 34.4 Å². The molecule has 6 heteroatoms. The second kappa shape index (κ2) is 6.76. The molecule has 118 valence electrons. The summed E-state index contributed by atoms with van der Waals surface area (Å²) in [6, 6.07) is 6.06. The maximum absolute atomic E-state index is 10.1. The second-order valence-electron chi connectivity index (χ2n) is 4.82. The van der Waals surface area contributed by atoms with E-state index in [-0.39, 0.29) is 33.8 Å². The lowest BCUT2D eigenvalue weighted by molar-refractivity contribution is 0.242. The average Bonchev–Trinajstić information content (AvgIpc) is 2.54. The monoisotopic (exact) mass is 306 g/mol. The van der Waals surface area contributed by atoms with Gasteiger partial charge < -0.3 is 30.6 Å². The van der Waals surface area contributed by atoms with Gasteiger partial charge in [0, 0.05) is 11.1 Å². The Bertz CT molecular complexity index is 630. The average molecular weight is 306 g/mol. The maximum atomic E-state index is 10.1. The smallest absolute Gasteiger partial charge is 0.127 e. The molecule has 0 radical (unpaired) electrons. The van der Waals surface area contributed by atoms with Crippen LogP contribution in [0, 0.1) is 0 Å². The first-order valence-corrected chi connectivity index (χ1v) is 6.70. The van der Waals surface area contributed by atoms with Gasteiger partial charge in [-0.1, -0.05) is 12.1 Å². The second-order valence-corrected chi connectivity index (χ2v) is 4.82. The van der Waals surface area contributed by atoms with Gasteiger partial charge >= 0.3 is 0 Å². The van der Waals surface area contributed by atoms with Crippen LogP contribution in [-0.2, 0) is 26.4 Å². The SMILES string of the molecule is OCc1c(O)c(CO)c(CO)c(-c2ccc(O)cc2)c1CO. The van der Waals surface area contributed by atoms with E-state index in [0.29, 0.717) is 11.1 Å². The summed E-state index contributed by atoms with van der Waals surface area (Å²) in [4.78, 5) is 0. The number of phenolic OH excluding ortho intramolecular Hbond substituents is 1. The third kappa shape index (κ3) is 2.65. The van der Waals surface area contributed by atoms with Crippen LogP contribution in [0.15, 0.2) is 24.3 Å². The van der Waals surface area contributed by atoms with Crippen LogP contribution in [0.2, 0.25) is 0 Å². The normalized spacial score (nSPS) is 10.9. The van der Waals surface area contributed by atoms with Gasteiger partial charge in [-0.3, -0.25) is 0 Å². The summed E-state index contributed by atoms with van der Waals surface area (Å²) in [5.41, 5.74) is 1.75. The number of aliphatic hydroxyl groups excluding tert-OH is 4. The molecule has 6 N–H and O–H groups in total. The molecule has 0 heterocycles. The first-order valence-electron chi connectivity index (χ1n) is 6.70.